The first kappa shape index (κ1) is 24.4. The summed E-state index contributed by atoms with van der Waals surface area (Å²) >= 11 is 6.47. The smallest absolute Gasteiger partial charge is 0.294 e. The molecule has 2 heterocycles. The van der Waals surface area contributed by atoms with E-state index in [0.717, 1.165) is 40.8 Å². The van der Waals surface area contributed by atoms with Crippen LogP contribution in [0.15, 0.2) is 77.7 Å². The van der Waals surface area contributed by atoms with E-state index in [0.29, 0.717) is 28.6 Å². The van der Waals surface area contributed by atoms with Crippen molar-refractivity contribution in [3.8, 4) is 28.2 Å². The zero-order chi connectivity index (χ0) is 25.9. The second kappa shape index (κ2) is 10.4. The van der Waals surface area contributed by atoms with E-state index in [1.54, 1.807) is 29.0 Å². The van der Waals surface area contributed by atoms with E-state index in [1.807, 2.05) is 48.5 Å². The molecule has 1 N–H and O–H groups in total. The van der Waals surface area contributed by atoms with Gasteiger partial charge in [-0.15, -0.1) is 5.10 Å². The highest BCUT2D eigenvalue weighted by atomic mass is 35.5. The summed E-state index contributed by atoms with van der Waals surface area (Å²) in [5.41, 5.74) is 5.38. The van der Waals surface area contributed by atoms with Crippen LogP contribution >= 0.6 is 11.6 Å². The highest BCUT2D eigenvalue weighted by molar-refractivity contribution is 6.33. The van der Waals surface area contributed by atoms with E-state index in [-0.39, 0.29) is 11.5 Å². The zero-order valence-corrected chi connectivity index (χ0v) is 21.2. The number of Topliss-reactive ketones (excluding diaryl/α,β-unsaturated/α-hetero) is 1. The maximum absolute atomic E-state index is 13.6. The lowest BCUT2D eigenvalue weighted by Crippen LogP contribution is -2.25. The summed E-state index contributed by atoms with van der Waals surface area (Å²) in [6.45, 7) is 3.94. The molecule has 186 valence electrons. The minimum Gasteiger partial charge on any atom is -0.294 e. The van der Waals surface area contributed by atoms with Crippen molar-refractivity contribution in [1.82, 2.24) is 29.8 Å². The number of hydrogen-bond donors (Lipinski definition) is 1. The molecule has 0 saturated carbocycles. The van der Waals surface area contributed by atoms with Crippen molar-refractivity contribution >= 4 is 17.4 Å². The van der Waals surface area contributed by atoms with Gasteiger partial charge in [0.1, 0.15) is 0 Å². The number of para-hydroxylation sites is 1. The summed E-state index contributed by atoms with van der Waals surface area (Å²) < 4.78 is 3.25. The monoisotopic (exact) mass is 512 g/mol. The molecule has 0 spiro atoms. The van der Waals surface area contributed by atoms with Crippen molar-refractivity contribution in [2.75, 3.05) is 0 Å². The van der Waals surface area contributed by atoms with E-state index in [1.165, 1.54) is 11.5 Å². The first-order valence-electron chi connectivity index (χ1n) is 12.0. The topological polar surface area (TPSA) is 98.5 Å². The van der Waals surface area contributed by atoms with Crippen molar-refractivity contribution in [3.05, 3.63) is 105 Å². The standard InChI is InChI=1S/C28H25ClN6O2/c1-3-7-21-17-35(26-22(18(2)36)10-6-11-25(26)29)28(37)34(21)16-19-12-14-20(15-13-19)23-8-4-5-9-24(23)27-30-32-33-31-27/h4-6,8-15,17H,3,7,16H2,1-2H3,(H,30,31,32,33). The van der Waals surface area contributed by atoms with E-state index in [9.17, 15) is 9.59 Å². The number of aromatic amines is 1. The molecule has 37 heavy (non-hydrogen) atoms. The van der Waals surface area contributed by atoms with Crippen molar-refractivity contribution in [2.24, 2.45) is 0 Å². The Morgan fingerprint density at radius 1 is 1.00 bits per heavy atom. The van der Waals surface area contributed by atoms with Gasteiger partial charge in [0.25, 0.3) is 0 Å². The molecule has 0 saturated heterocycles. The van der Waals surface area contributed by atoms with Gasteiger partial charge in [-0.3, -0.25) is 13.9 Å². The van der Waals surface area contributed by atoms with Crippen molar-refractivity contribution in [1.29, 1.82) is 0 Å². The summed E-state index contributed by atoms with van der Waals surface area (Å²) in [6, 6.07) is 21.1. The van der Waals surface area contributed by atoms with E-state index >= 15 is 0 Å². The summed E-state index contributed by atoms with van der Waals surface area (Å²) in [5, 5.41) is 14.6. The number of carbonyl (C=O) groups is 1. The van der Waals surface area contributed by atoms with Crippen LogP contribution in [0.3, 0.4) is 0 Å². The fourth-order valence-corrected chi connectivity index (χ4v) is 4.81. The van der Waals surface area contributed by atoms with Gasteiger partial charge >= 0.3 is 5.69 Å². The number of benzene rings is 3. The van der Waals surface area contributed by atoms with Crippen LogP contribution in [-0.4, -0.2) is 35.5 Å². The molecule has 0 bridgehead atoms. The van der Waals surface area contributed by atoms with Gasteiger partial charge in [-0.2, -0.15) is 0 Å². The van der Waals surface area contributed by atoms with Crippen LogP contribution in [0.25, 0.3) is 28.2 Å². The van der Waals surface area contributed by atoms with Crippen LogP contribution < -0.4 is 5.69 Å². The molecule has 0 atom stereocenters. The zero-order valence-electron chi connectivity index (χ0n) is 20.5. The number of tetrazole rings is 1. The number of hydrogen-bond acceptors (Lipinski definition) is 5. The summed E-state index contributed by atoms with van der Waals surface area (Å²) in [6.07, 6.45) is 3.39. The molecular weight excluding hydrogens is 488 g/mol. The van der Waals surface area contributed by atoms with Gasteiger partial charge in [-0.1, -0.05) is 79.5 Å². The van der Waals surface area contributed by atoms with Gasteiger partial charge in [-0.05, 0) is 52.6 Å². The number of H-pyrrole nitrogens is 1. The maximum atomic E-state index is 13.6. The highest BCUT2D eigenvalue weighted by Crippen LogP contribution is 2.30. The molecule has 5 rings (SSSR count). The summed E-state index contributed by atoms with van der Waals surface area (Å²) in [4.78, 5) is 25.9. The molecule has 0 fully saturated rings. The number of nitrogens with zero attached hydrogens (tertiary/aromatic N) is 5. The van der Waals surface area contributed by atoms with Crippen LogP contribution in [0.5, 0.6) is 0 Å². The first-order valence-corrected chi connectivity index (χ1v) is 12.4. The molecule has 0 aliphatic heterocycles. The number of ketones is 1. The number of rotatable bonds is 8. The number of aromatic nitrogens is 6. The van der Waals surface area contributed by atoms with Crippen molar-refractivity contribution in [3.63, 3.8) is 0 Å². The molecule has 0 aliphatic rings. The molecule has 0 radical (unpaired) electrons. The number of nitrogens with one attached hydrogen (secondary N) is 1. The lowest BCUT2D eigenvalue weighted by Gasteiger charge is -2.10. The Kier molecular flexibility index (Phi) is 6.83. The fraction of sp³-hybridized carbons (Fsp3) is 0.179. The Labute approximate surface area is 218 Å². The van der Waals surface area contributed by atoms with Gasteiger partial charge < -0.3 is 0 Å². The Balaban J connectivity index is 1.51. The molecular formula is C28H25ClN6O2. The minimum atomic E-state index is -0.230. The van der Waals surface area contributed by atoms with Crippen LogP contribution in [0.1, 0.15) is 41.9 Å². The average molecular weight is 513 g/mol. The molecule has 2 aromatic heterocycles. The summed E-state index contributed by atoms with van der Waals surface area (Å²) in [7, 11) is 0. The van der Waals surface area contributed by atoms with Crippen LogP contribution in [0, 0.1) is 0 Å². The number of imidazole rings is 1. The van der Waals surface area contributed by atoms with E-state index < -0.39 is 0 Å². The molecule has 8 nitrogen and oxygen atoms in total. The Morgan fingerprint density at radius 3 is 2.43 bits per heavy atom. The predicted molar refractivity (Wildman–Crippen MR) is 143 cm³/mol. The third-order valence-corrected chi connectivity index (χ3v) is 6.61. The minimum absolute atomic E-state index is 0.147. The summed E-state index contributed by atoms with van der Waals surface area (Å²) in [5.74, 6) is 0.451. The van der Waals surface area contributed by atoms with E-state index in [4.69, 9.17) is 11.6 Å². The Hall–Kier alpha value is -4.30. The quantitative estimate of drug-likeness (QED) is 0.283. The Morgan fingerprint density at radius 2 is 1.76 bits per heavy atom. The highest BCUT2D eigenvalue weighted by Gasteiger charge is 2.19. The Bertz CT molecular complexity index is 1620. The number of carbonyl (C=O) groups excluding carboxylic acids is 1. The van der Waals surface area contributed by atoms with Crippen molar-refractivity contribution in [2.45, 2.75) is 33.2 Å². The number of halogens is 1. The normalized spacial score (nSPS) is 11.1. The number of aryl methyl sites for hydroxylation is 1. The first-order chi connectivity index (χ1) is 18.0. The van der Waals surface area contributed by atoms with Gasteiger partial charge in [0, 0.05) is 23.0 Å². The molecule has 0 unspecified atom stereocenters. The van der Waals surface area contributed by atoms with Gasteiger partial charge in [0.2, 0.25) is 0 Å². The van der Waals surface area contributed by atoms with E-state index in [2.05, 4.69) is 27.5 Å². The third kappa shape index (κ3) is 4.75. The largest absolute Gasteiger partial charge is 0.333 e. The molecule has 0 aliphatic carbocycles. The lowest BCUT2D eigenvalue weighted by molar-refractivity contribution is 0.101. The van der Waals surface area contributed by atoms with Gasteiger partial charge in [0.05, 0.1) is 17.3 Å². The lowest BCUT2D eigenvalue weighted by atomic mass is 9.98. The molecule has 5 aromatic rings. The SMILES string of the molecule is CCCc1cn(-c2c(Cl)cccc2C(C)=O)c(=O)n1Cc1ccc(-c2ccccc2-c2nnn[nH]2)cc1. The fourth-order valence-electron chi connectivity index (χ4n) is 4.54. The molecule has 3 aromatic carbocycles. The molecule has 9 heteroatoms. The second-order valence-corrected chi connectivity index (χ2v) is 9.20. The van der Waals surface area contributed by atoms with Crippen molar-refractivity contribution < 1.29 is 4.79 Å². The van der Waals surface area contributed by atoms with Gasteiger partial charge in [-0.25, -0.2) is 9.89 Å². The second-order valence-electron chi connectivity index (χ2n) is 8.79. The molecule has 0 amide bonds. The van der Waals surface area contributed by atoms with Crippen LogP contribution in [-0.2, 0) is 13.0 Å². The van der Waals surface area contributed by atoms with Crippen LogP contribution in [0.4, 0.5) is 0 Å². The predicted octanol–water partition coefficient (Wildman–Crippen LogP) is 5.34. The maximum Gasteiger partial charge on any atom is 0.333 e. The van der Waals surface area contributed by atoms with Crippen LogP contribution in [0.2, 0.25) is 5.02 Å². The third-order valence-electron chi connectivity index (χ3n) is 6.31. The average Bonchev–Trinajstić information content (AvgIpc) is 3.54. The van der Waals surface area contributed by atoms with Gasteiger partial charge in [0.15, 0.2) is 11.6 Å².